The van der Waals surface area contributed by atoms with E-state index in [1.807, 2.05) is 13.8 Å². The van der Waals surface area contributed by atoms with E-state index in [-0.39, 0.29) is 5.71 Å². The highest BCUT2D eigenvalue weighted by molar-refractivity contribution is 6.45. The maximum absolute atomic E-state index is 11.6. The summed E-state index contributed by atoms with van der Waals surface area (Å²) in [6, 6.07) is 5.02. The lowest BCUT2D eigenvalue weighted by Crippen LogP contribution is -2.21. The lowest BCUT2D eigenvalue weighted by molar-refractivity contribution is 0.0600. The summed E-state index contributed by atoms with van der Waals surface area (Å²) in [4.78, 5) is 11.6. The molecule has 0 bridgehead atoms. The number of hydrazone groups is 1. The molecule has 4 N–H and O–H groups in total. The molecule has 1 aromatic carbocycles. The van der Waals surface area contributed by atoms with Gasteiger partial charge in [0.2, 0.25) is 5.71 Å². The number of amidine groups is 1. The van der Waals surface area contributed by atoms with Crippen LogP contribution < -0.4 is 11.2 Å². The first-order valence-corrected chi connectivity index (χ1v) is 5.68. The molecule has 7 heteroatoms. The normalized spacial score (nSPS) is 10.6. The molecule has 0 unspecified atom stereocenters. The molecule has 0 aromatic heterocycles. The van der Waals surface area contributed by atoms with Crippen LogP contribution in [-0.2, 0) is 4.74 Å². The highest BCUT2D eigenvalue weighted by Crippen LogP contribution is 2.20. The van der Waals surface area contributed by atoms with Crippen LogP contribution in [-0.4, -0.2) is 24.6 Å². The van der Waals surface area contributed by atoms with Crippen molar-refractivity contribution >= 4 is 23.2 Å². The number of hydrogen-bond donors (Lipinski definition) is 3. The third kappa shape index (κ3) is 3.32. The summed E-state index contributed by atoms with van der Waals surface area (Å²) in [7, 11) is 1.30. The number of methoxy groups -OCH3 is 1. The first-order chi connectivity index (χ1) is 9.40. The van der Waals surface area contributed by atoms with Crippen molar-refractivity contribution in [3.8, 4) is 6.07 Å². The number of aryl methyl sites for hydroxylation is 1. The zero-order valence-corrected chi connectivity index (χ0v) is 11.4. The summed E-state index contributed by atoms with van der Waals surface area (Å²) in [6.45, 7) is 3.65. The second-order valence-corrected chi connectivity index (χ2v) is 4.05. The predicted octanol–water partition coefficient (Wildman–Crippen LogP) is 1.32. The smallest absolute Gasteiger partial charge is 0.338 e. The first-order valence-electron chi connectivity index (χ1n) is 5.68. The SMILES string of the molecule is COC(=O)c1cc(N/N=C(\C#N)C(=N)N)cc(C)c1C. The van der Waals surface area contributed by atoms with Gasteiger partial charge in [-0.1, -0.05) is 0 Å². The van der Waals surface area contributed by atoms with Gasteiger partial charge in [0.25, 0.3) is 0 Å². The standard InChI is InChI=1S/C13H15N5O2/c1-7-4-9(17-18-11(6-14)12(15)16)5-10(8(7)2)13(19)20-3/h4-5,17H,1-3H3,(H3,15,16)/b18-11+. The fourth-order valence-corrected chi connectivity index (χ4v) is 1.51. The minimum atomic E-state index is -0.453. The number of hydrogen-bond acceptors (Lipinski definition) is 6. The lowest BCUT2D eigenvalue weighted by Gasteiger charge is -2.10. The third-order valence-electron chi connectivity index (χ3n) is 2.73. The molecule has 0 saturated heterocycles. The Morgan fingerprint density at radius 1 is 1.50 bits per heavy atom. The van der Waals surface area contributed by atoms with Crippen LogP contribution in [0.1, 0.15) is 21.5 Å². The fourth-order valence-electron chi connectivity index (χ4n) is 1.51. The maximum Gasteiger partial charge on any atom is 0.338 e. The highest BCUT2D eigenvalue weighted by atomic mass is 16.5. The second-order valence-electron chi connectivity index (χ2n) is 4.05. The number of nitriles is 1. The molecular weight excluding hydrogens is 258 g/mol. The molecule has 0 fully saturated rings. The number of carbonyl (C=O) groups is 1. The molecule has 0 aliphatic carbocycles. The van der Waals surface area contributed by atoms with E-state index in [0.717, 1.165) is 11.1 Å². The molecule has 0 atom stereocenters. The van der Waals surface area contributed by atoms with Crippen molar-refractivity contribution in [1.82, 2.24) is 0 Å². The third-order valence-corrected chi connectivity index (χ3v) is 2.73. The molecule has 0 heterocycles. The van der Waals surface area contributed by atoms with Crippen LogP contribution in [0.5, 0.6) is 0 Å². The number of anilines is 1. The molecule has 0 amide bonds. The summed E-state index contributed by atoms with van der Waals surface area (Å²) < 4.78 is 4.70. The summed E-state index contributed by atoms with van der Waals surface area (Å²) in [5, 5.41) is 19.6. The van der Waals surface area contributed by atoms with Crippen molar-refractivity contribution in [3.63, 3.8) is 0 Å². The summed E-state index contributed by atoms with van der Waals surface area (Å²) in [5.74, 6) is -0.887. The minimum absolute atomic E-state index is 0.233. The highest BCUT2D eigenvalue weighted by Gasteiger charge is 2.12. The van der Waals surface area contributed by atoms with Crippen LogP contribution in [0.3, 0.4) is 0 Å². The van der Waals surface area contributed by atoms with Gasteiger partial charge in [0.05, 0.1) is 18.4 Å². The van der Waals surface area contributed by atoms with Crippen LogP contribution >= 0.6 is 0 Å². The summed E-state index contributed by atoms with van der Waals surface area (Å²) in [6.07, 6.45) is 0. The molecule has 20 heavy (non-hydrogen) atoms. The Morgan fingerprint density at radius 2 is 2.15 bits per heavy atom. The number of nitrogens with two attached hydrogens (primary N) is 1. The molecule has 1 aromatic rings. The van der Waals surface area contributed by atoms with E-state index in [1.165, 1.54) is 7.11 Å². The predicted molar refractivity (Wildman–Crippen MR) is 75.8 cm³/mol. The molecule has 0 aliphatic rings. The Balaban J connectivity index is 3.16. The van der Waals surface area contributed by atoms with Crippen LogP contribution in [0.15, 0.2) is 17.2 Å². The van der Waals surface area contributed by atoms with Gasteiger partial charge in [-0.05, 0) is 37.1 Å². The van der Waals surface area contributed by atoms with Gasteiger partial charge in [-0.25, -0.2) is 4.79 Å². The van der Waals surface area contributed by atoms with Crippen molar-refractivity contribution in [2.45, 2.75) is 13.8 Å². The van der Waals surface area contributed by atoms with Crippen LogP contribution in [0.2, 0.25) is 0 Å². The second kappa shape index (κ2) is 6.33. The largest absolute Gasteiger partial charge is 0.465 e. The number of ether oxygens (including phenoxy) is 1. The first kappa shape index (κ1) is 15.2. The Bertz CT molecular complexity index is 628. The van der Waals surface area contributed by atoms with Gasteiger partial charge in [-0.2, -0.15) is 10.4 Å². The van der Waals surface area contributed by atoms with Crippen molar-refractivity contribution < 1.29 is 9.53 Å². The monoisotopic (exact) mass is 273 g/mol. The van der Waals surface area contributed by atoms with Gasteiger partial charge in [-0.15, -0.1) is 0 Å². The van der Waals surface area contributed by atoms with Gasteiger partial charge in [0.1, 0.15) is 6.07 Å². The van der Waals surface area contributed by atoms with E-state index >= 15 is 0 Å². The fraction of sp³-hybridized carbons (Fsp3) is 0.231. The molecule has 104 valence electrons. The molecule has 0 saturated carbocycles. The zero-order chi connectivity index (χ0) is 15.3. The number of nitrogens with zero attached hydrogens (tertiary/aromatic N) is 2. The molecule has 0 radical (unpaired) electrons. The Hall–Kier alpha value is -2.88. The molecule has 0 spiro atoms. The van der Waals surface area contributed by atoms with Crippen molar-refractivity contribution in [3.05, 3.63) is 28.8 Å². The van der Waals surface area contributed by atoms with E-state index in [0.29, 0.717) is 11.3 Å². The number of benzene rings is 1. The van der Waals surface area contributed by atoms with Gasteiger partial charge < -0.3 is 10.5 Å². The quantitative estimate of drug-likeness (QED) is 0.330. The van der Waals surface area contributed by atoms with E-state index < -0.39 is 11.8 Å². The number of rotatable bonds is 4. The Kier molecular flexibility index (Phi) is 4.81. The Morgan fingerprint density at radius 3 is 2.65 bits per heavy atom. The van der Waals surface area contributed by atoms with Gasteiger partial charge in [-0.3, -0.25) is 10.8 Å². The van der Waals surface area contributed by atoms with E-state index in [2.05, 4.69) is 10.5 Å². The maximum atomic E-state index is 11.6. The van der Waals surface area contributed by atoms with Gasteiger partial charge in [0, 0.05) is 0 Å². The van der Waals surface area contributed by atoms with E-state index in [9.17, 15) is 4.79 Å². The molecule has 0 aliphatic heterocycles. The van der Waals surface area contributed by atoms with Crippen LogP contribution in [0, 0.1) is 30.6 Å². The molecule has 1 rings (SSSR count). The van der Waals surface area contributed by atoms with Crippen molar-refractivity contribution in [2.75, 3.05) is 12.5 Å². The van der Waals surface area contributed by atoms with Crippen LogP contribution in [0.25, 0.3) is 0 Å². The molecular formula is C13H15N5O2. The average Bonchev–Trinajstić information content (AvgIpc) is 2.41. The summed E-state index contributed by atoms with van der Waals surface area (Å²) >= 11 is 0. The number of nitrogens with one attached hydrogen (secondary N) is 2. The lowest BCUT2D eigenvalue weighted by atomic mass is 10.0. The molecule has 7 nitrogen and oxygen atoms in total. The average molecular weight is 273 g/mol. The number of esters is 1. The van der Waals surface area contributed by atoms with E-state index in [4.69, 9.17) is 21.1 Å². The van der Waals surface area contributed by atoms with E-state index in [1.54, 1.807) is 18.2 Å². The van der Waals surface area contributed by atoms with Gasteiger partial charge in [0.15, 0.2) is 5.84 Å². The zero-order valence-electron chi connectivity index (χ0n) is 11.4. The van der Waals surface area contributed by atoms with Gasteiger partial charge >= 0.3 is 5.97 Å². The number of carbonyl (C=O) groups excluding carboxylic acids is 1. The topological polar surface area (TPSA) is 124 Å². The Labute approximate surface area is 116 Å². The van der Waals surface area contributed by atoms with Crippen molar-refractivity contribution in [2.24, 2.45) is 10.8 Å². The minimum Gasteiger partial charge on any atom is -0.465 e. The summed E-state index contributed by atoms with van der Waals surface area (Å²) in [5.41, 5.74) is 10.1. The van der Waals surface area contributed by atoms with Crippen molar-refractivity contribution in [1.29, 1.82) is 10.7 Å². The van der Waals surface area contributed by atoms with Crippen LogP contribution in [0.4, 0.5) is 5.69 Å².